The molecule has 0 aliphatic rings. The lowest BCUT2D eigenvalue weighted by Gasteiger charge is -2.10. The molecule has 0 aliphatic carbocycles. The van der Waals surface area contributed by atoms with Gasteiger partial charge in [0.25, 0.3) is 0 Å². The zero-order chi connectivity index (χ0) is 12.2. The topological polar surface area (TPSA) is 31.4 Å². The molecule has 3 nitrogen and oxygen atoms in total. The van der Waals surface area contributed by atoms with Crippen LogP contribution in [0.15, 0.2) is 12.3 Å². The predicted molar refractivity (Wildman–Crippen MR) is 51.7 cm³/mol. The number of nitrogens with zero attached hydrogens (tertiary/aromatic N) is 1. The van der Waals surface area contributed by atoms with Crippen molar-refractivity contribution in [3.05, 3.63) is 17.8 Å². The molecule has 0 radical (unpaired) electrons. The van der Waals surface area contributed by atoms with Crippen LogP contribution in [0.4, 0.5) is 13.2 Å². The van der Waals surface area contributed by atoms with Crippen LogP contribution in [-0.2, 0) is 0 Å². The molecule has 1 aromatic rings. The highest BCUT2D eigenvalue weighted by molar-refractivity contribution is 5.31. The van der Waals surface area contributed by atoms with E-state index in [0.29, 0.717) is 11.3 Å². The second kappa shape index (κ2) is 5.05. The van der Waals surface area contributed by atoms with E-state index in [4.69, 9.17) is 9.47 Å². The van der Waals surface area contributed by atoms with Gasteiger partial charge in [-0.2, -0.15) is 13.2 Å². The van der Waals surface area contributed by atoms with Gasteiger partial charge in [0, 0.05) is 5.56 Å². The molecular formula is C10H12F3NO2. The maximum atomic E-state index is 11.9. The minimum absolute atomic E-state index is 0.199. The van der Waals surface area contributed by atoms with Crippen LogP contribution in [0.3, 0.4) is 0 Å². The van der Waals surface area contributed by atoms with Gasteiger partial charge in [-0.25, -0.2) is 4.98 Å². The van der Waals surface area contributed by atoms with Crippen molar-refractivity contribution in [3.63, 3.8) is 0 Å². The van der Waals surface area contributed by atoms with Gasteiger partial charge in [-0.1, -0.05) is 0 Å². The Morgan fingerprint density at radius 1 is 1.38 bits per heavy atom. The summed E-state index contributed by atoms with van der Waals surface area (Å²) in [5, 5.41) is 0. The van der Waals surface area contributed by atoms with Crippen LogP contribution < -0.4 is 9.47 Å². The lowest BCUT2D eigenvalue weighted by Crippen LogP contribution is -2.13. The van der Waals surface area contributed by atoms with E-state index in [-0.39, 0.29) is 5.88 Å². The molecule has 0 amide bonds. The van der Waals surface area contributed by atoms with E-state index >= 15 is 0 Å². The normalized spacial score (nSPS) is 11.3. The number of hydrogen-bond acceptors (Lipinski definition) is 3. The number of hydrogen-bond donors (Lipinski definition) is 0. The first-order chi connectivity index (χ1) is 7.42. The van der Waals surface area contributed by atoms with Crippen LogP contribution in [-0.4, -0.2) is 24.9 Å². The highest BCUT2D eigenvalue weighted by Gasteiger charge is 2.27. The summed E-state index contributed by atoms with van der Waals surface area (Å²) in [4.78, 5) is 3.85. The Kier molecular flexibility index (Phi) is 3.98. The molecule has 0 saturated heterocycles. The van der Waals surface area contributed by atoms with E-state index in [9.17, 15) is 13.2 Å². The first kappa shape index (κ1) is 12.6. The lowest BCUT2D eigenvalue weighted by atomic mass is 10.3. The molecule has 1 rings (SSSR count). The molecule has 1 aromatic heterocycles. The smallest absolute Gasteiger partial charge is 0.392 e. The quantitative estimate of drug-likeness (QED) is 0.804. The maximum Gasteiger partial charge on any atom is 0.392 e. The van der Waals surface area contributed by atoms with E-state index in [2.05, 4.69) is 4.98 Å². The molecule has 0 atom stereocenters. The summed E-state index contributed by atoms with van der Waals surface area (Å²) in [5.74, 6) is 0.741. The van der Waals surface area contributed by atoms with Crippen LogP contribution in [0.2, 0.25) is 0 Å². The zero-order valence-corrected chi connectivity index (χ0v) is 8.97. The molecule has 0 saturated carbocycles. The number of aryl methyl sites for hydroxylation is 1. The van der Waals surface area contributed by atoms with Gasteiger partial charge in [0.05, 0.1) is 26.3 Å². The molecule has 0 N–H and O–H groups in total. The minimum Gasteiger partial charge on any atom is -0.495 e. The van der Waals surface area contributed by atoms with E-state index < -0.39 is 19.2 Å². The van der Waals surface area contributed by atoms with E-state index in [0.717, 1.165) is 0 Å². The van der Waals surface area contributed by atoms with E-state index in [1.165, 1.54) is 13.3 Å². The molecule has 0 bridgehead atoms. The van der Waals surface area contributed by atoms with Gasteiger partial charge in [-0.3, -0.25) is 0 Å². The summed E-state index contributed by atoms with van der Waals surface area (Å²) in [6.07, 6.45) is -3.80. The third-order valence-electron chi connectivity index (χ3n) is 1.87. The first-order valence-corrected chi connectivity index (χ1v) is 4.62. The molecule has 90 valence electrons. The average molecular weight is 235 g/mol. The van der Waals surface area contributed by atoms with Gasteiger partial charge in [0.2, 0.25) is 5.88 Å². The van der Waals surface area contributed by atoms with Gasteiger partial charge >= 0.3 is 6.18 Å². The third kappa shape index (κ3) is 3.96. The van der Waals surface area contributed by atoms with Crippen LogP contribution in [0.25, 0.3) is 0 Å². The number of methoxy groups -OCH3 is 1. The van der Waals surface area contributed by atoms with Crippen molar-refractivity contribution < 1.29 is 22.6 Å². The zero-order valence-electron chi connectivity index (χ0n) is 8.97. The Labute approximate surface area is 91.2 Å². The van der Waals surface area contributed by atoms with Gasteiger partial charge in [0.15, 0.2) is 0 Å². The fourth-order valence-electron chi connectivity index (χ4n) is 1.06. The monoisotopic (exact) mass is 235 g/mol. The number of halogens is 3. The SMILES string of the molecule is COc1cnc(OCCC(F)(F)F)c(C)c1. The van der Waals surface area contributed by atoms with E-state index in [1.54, 1.807) is 13.0 Å². The van der Waals surface area contributed by atoms with E-state index in [1.807, 2.05) is 0 Å². The van der Waals surface area contributed by atoms with Crippen molar-refractivity contribution in [2.24, 2.45) is 0 Å². The fourth-order valence-corrected chi connectivity index (χ4v) is 1.06. The number of aromatic nitrogens is 1. The molecule has 1 heterocycles. The number of pyridine rings is 1. The number of ether oxygens (including phenoxy) is 2. The number of rotatable bonds is 4. The van der Waals surface area contributed by atoms with Crippen LogP contribution in [0, 0.1) is 6.92 Å². The van der Waals surface area contributed by atoms with Crippen molar-refractivity contribution in [2.75, 3.05) is 13.7 Å². The lowest BCUT2D eigenvalue weighted by molar-refractivity contribution is -0.139. The van der Waals surface area contributed by atoms with Crippen LogP contribution in [0.5, 0.6) is 11.6 Å². The second-order valence-electron chi connectivity index (χ2n) is 3.21. The largest absolute Gasteiger partial charge is 0.495 e. The fraction of sp³-hybridized carbons (Fsp3) is 0.500. The molecule has 0 unspecified atom stereocenters. The molecule has 0 spiro atoms. The van der Waals surface area contributed by atoms with Gasteiger partial charge < -0.3 is 9.47 Å². The van der Waals surface area contributed by atoms with Crippen LogP contribution in [0.1, 0.15) is 12.0 Å². The average Bonchev–Trinajstić information content (AvgIpc) is 2.18. The summed E-state index contributed by atoms with van der Waals surface area (Å²) < 4.78 is 45.4. The van der Waals surface area contributed by atoms with Crippen molar-refractivity contribution in [2.45, 2.75) is 19.5 Å². The standard InChI is InChI=1S/C10H12F3NO2/c1-7-5-8(15-2)6-14-9(7)16-4-3-10(11,12)13/h5-6H,3-4H2,1-2H3. The Morgan fingerprint density at radius 3 is 2.56 bits per heavy atom. The van der Waals surface area contributed by atoms with Gasteiger partial charge in [0.1, 0.15) is 5.75 Å². The molecule has 0 aromatic carbocycles. The number of alkyl halides is 3. The third-order valence-corrected chi connectivity index (χ3v) is 1.87. The van der Waals surface area contributed by atoms with Crippen molar-refractivity contribution >= 4 is 0 Å². The summed E-state index contributed by atoms with van der Waals surface area (Å²) >= 11 is 0. The van der Waals surface area contributed by atoms with Crippen molar-refractivity contribution in [1.29, 1.82) is 0 Å². The van der Waals surface area contributed by atoms with Gasteiger partial charge in [-0.05, 0) is 13.0 Å². The van der Waals surface area contributed by atoms with Crippen molar-refractivity contribution in [3.8, 4) is 11.6 Å². The summed E-state index contributed by atoms with van der Waals surface area (Å²) in [7, 11) is 1.49. The maximum absolute atomic E-state index is 11.9. The van der Waals surface area contributed by atoms with Gasteiger partial charge in [-0.15, -0.1) is 0 Å². The second-order valence-corrected chi connectivity index (χ2v) is 3.21. The first-order valence-electron chi connectivity index (χ1n) is 4.62. The predicted octanol–water partition coefficient (Wildman–Crippen LogP) is 2.73. The Bertz CT molecular complexity index is 352. The summed E-state index contributed by atoms with van der Waals surface area (Å²) in [6.45, 7) is 1.27. The molecule has 6 heteroatoms. The Hall–Kier alpha value is -1.46. The highest BCUT2D eigenvalue weighted by atomic mass is 19.4. The molecule has 0 fully saturated rings. The minimum atomic E-state index is -4.21. The highest BCUT2D eigenvalue weighted by Crippen LogP contribution is 2.22. The molecule has 0 aliphatic heterocycles. The summed E-state index contributed by atoms with van der Waals surface area (Å²) in [5.41, 5.74) is 0.640. The molecule has 16 heavy (non-hydrogen) atoms. The summed E-state index contributed by atoms with van der Waals surface area (Å²) in [6, 6.07) is 1.65. The Balaban J connectivity index is 2.55. The van der Waals surface area contributed by atoms with Crippen molar-refractivity contribution in [1.82, 2.24) is 4.98 Å². The van der Waals surface area contributed by atoms with Crippen LogP contribution >= 0.6 is 0 Å². The molecular weight excluding hydrogens is 223 g/mol. The Morgan fingerprint density at radius 2 is 2.06 bits per heavy atom.